The van der Waals surface area contributed by atoms with Gasteiger partial charge in [-0.25, -0.2) is 0 Å². The Labute approximate surface area is 101 Å². The zero-order valence-electron chi connectivity index (χ0n) is 10.2. The smallest absolute Gasteiger partial charge is 0.314 e. The van der Waals surface area contributed by atoms with Crippen molar-refractivity contribution in [2.45, 2.75) is 44.4 Å². The molecular formula is C14H18O3. The summed E-state index contributed by atoms with van der Waals surface area (Å²) in [7, 11) is 0. The summed E-state index contributed by atoms with van der Waals surface area (Å²) < 4.78 is 0. The van der Waals surface area contributed by atoms with E-state index in [2.05, 4.69) is 0 Å². The number of phenols is 1. The van der Waals surface area contributed by atoms with E-state index in [-0.39, 0.29) is 5.75 Å². The molecule has 1 aromatic carbocycles. The fraction of sp³-hybridized carbons (Fsp3) is 0.500. The molecule has 2 N–H and O–H groups in total. The van der Waals surface area contributed by atoms with Gasteiger partial charge >= 0.3 is 5.97 Å². The van der Waals surface area contributed by atoms with E-state index in [0.717, 1.165) is 12.0 Å². The van der Waals surface area contributed by atoms with Crippen LogP contribution in [0.15, 0.2) is 18.2 Å². The fourth-order valence-corrected chi connectivity index (χ4v) is 2.44. The molecule has 17 heavy (non-hydrogen) atoms. The Kier molecular flexibility index (Phi) is 2.86. The molecule has 92 valence electrons. The number of rotatable bonds is 3. The summed E-state index contributed by atoms with van der Waals surface area (Å²) in [6.07, 6.45) is 2.16. The Balaban J connectivity index is 2.43. The normalized spacial score (nSPS) is 17.8. The van der Waals surface area contributed by atoms with Gasteiger partial charge in [0, 0.05) is 5.56 Å². The van der Waals surface area contributed by atoms with Gasteiger partial charge in [-0.15, -0.1) is 0 Å². The zero-order chi connectivity index (χ0) is 12.6. The first-order valence-corrected chi connectivity index (χ1v) is 6.04. The van der Waals surface area contributed by atoms with Crippen molar-refractivity contribution in [2.75, 3.05) is 0 Å². The van der Waals surface area contributed by atoms with Crippen LogP contribution in [0.5, 0.6) is 5.75 Å². The average Bonchev–Trinajstić information content (AvgIpc) is 2.17. The summed E-state index contributed by atoms with van der Waals surface area (Å²) in [6, 6.07) is 5.39. The summed E-state index contributed by atoms with van der Waals surface area (Å²) in [4.78, 5) is 11.4. The van der Waals surface area contributed by atoms with Crippen molar-refractivity contribution in [1.82, 2.24) is 0 Å². The minimum absolute atomic E-state index is 0.123. The van der Waals surface area contributed by atoms with Gasteiger partial charge in [0.2, 0.25) is 0 Å². The van der Waals surface area contributed by atoms with Gasteiger partial charge in [0.15, 0.2) is 0 Å². The van der Waals surface area contributed by atoms with Gasteiger partial charge in [-0.05, 0) is 30.4 Å². The molecule has 0 atom stereocenters. The zero-order valence-corrected chi connectivity index (χ0v) is 10.2. The summed E-state index contributed by atoms with van der Waals surface area (Å²) in [5, 5.41) is 19.4. The third kappa shape index (κ3) is 1.79. The van der Waals surface area contributed by atoms with Crippen molar-refractivity contribution in [1.29, 1.82) is 0 Å². The predicted octanol–water partition coefficient (Wildman–Crippen LogP) is 3.02. The van der Waals surface area contributed by atoms with Gasteiger partial charge in [0.25, 0.3) is 0 Å². The number of aromatic hydroxyl groups is 1. The topological polar surface area (TPSA) is 57.5 Å². The Morgan fingerprint density at radius 1 is 1.35 bits per heavy atom. The molecule has 0 unspecified atom stereocenters. The SMILES string of the molecule is CC(C)c1ccc(C2(C(=O)O)CCC2)c(O)c1. The van der Waals surface area contributed by atoms with Gasteiger partial charge in [-0.2, -0.15) is 0 Å². The molecule has 1 aromatic rings. The third-order valence-electron chi connectivity index (χ3n) is 3.82. The monoisotopic (exact) mass is 234 g/mol. The first-order chi connectivity index (χ1) is 7.97. The molecule has 1 aliphatic carbocycles. The number of hydrogen-bond acceptors (Lipinski definition) is 2. The lowest BCUT2D eigenvalue weighted by Gasteiger charge is -2.38. The molecule has 0 aliphatic heterocycles. The molecule has 0 bridgehead atoms. The second-order valence-electron chi connectivity index (χ2n) is 5.17. The van der Waals surface area contributed by atoms with Gasteiger partial charge in [-0.3, -0.25) is 4.79 Å². The van der Waals surface area contributed by atoms with Crippen molar-refractivity contribution >= 4 is 5.97 Å². The Morgan fingerprint density at radius 3 is 2.35 bits per heavy atom. The number of carboxylic acids is 1. The van der Waals surface area contributed by atoms with Gasteiger partial charge < -0.3 is 10.2 Å². The molecule has 0 spiro atoms. The molecule has 3 nitrogen and oxygen atoms in total. The van der Waals surface area contributed by atoms with Crippen LogP contribution in [0.4, 0.5) is 0 Å². The van der Waals surface area contributed by atoms with Crippen LogP contribution in [-0.2, 0) is 10.2 Å². The molecule has 2 rings (SSSR count). The van der Waals surface area contributed by atoms with Crippen LogP contribution in [0, 0.1) is 0 Å². The van der Waals surface area contributed by atoms with Crippen LogP contribution >= 0.6 is 0 Å². The first kappa shape index (κ1) is 12.0. The molecule has 1 saturated carbocycles. The number of hydrogen-bond donors (Lipinski definition) is 2. The second-order valence-corrected chi connectivity index (χ2v) is 5.17. The van der Waals surface area contributed by atoms with Gasteiger partial charge in [-0.1, -0.05) is 32.4 Å². The molecule has 3 heteroatoms. The van der Waals surface area contributed by atoms with E-state index in [1.807, 2.05) is 19.9 Å². The van der Waals surface area contributed by atoms with E-state index in [9.17, 15) is 15.0 Å². The van der Waals surface area contributed by atoms with Crippen molar-refractivity contribution in [3.63, 3.8) is 0 Å². The number of carbonyl (C=O) groups is 1. The quantitative estimate of drug-likeness (QED) is 0.845. The summed E-state index contributed by atoms with van der Waals surface area (Å²) in [5.74, 6) is -0.369. The molecule has 0 aromatic heterocycles. The molecule has 0 amide bonds. The Hall–Kier alpha value is -1.51. The highest BCUT2D eigenvalue weighted by molar-refractivity contribution is 5.83. The molecule has 0 heterocycles. The Morgan fingerprint density at radius 2 is 2.00 bits per heavy atom. The van der Waals surface area contributed by atoms with Crippen LogP contribution < -0.4 is 0 Å². The third-order valence-corrected chi connectivity index (χ3v) is 3.82. The highest BCUT2D eigenvalue weighted by Crippen LogP contribution is 2.47. The maximum absolute atomic E-state index is 11.4. The highest BCUT2D eigenvalue weighted by Gasteiger charge is 2.47. The van der Waals surface area contributed by atoms with Gasteiger partial charge in [0.1, 0.15) is 5.75 Å². The maximum Gasteiger partial charge on any atom is 0.314 e. The van der Waals surface area contributed by atoms with Crippen LogP contribution in [0.2, 0.25) is 0 Å². The van der Waals surface area contributed by atoms with Crippen molar-refractivity contribution in [2.24, 2.45) is 0 Å². The van der Waals surface area contributed by atoms with E-state index < -0.39 is 11.4 Å². The fourth-order valence-electron chi connectivity index (χ4n) is 2.44. The average molecular weight is 234 g/mol. The van der Waals surface area contributed by atoms with E-state index in [1.54, 1.807) is 12.1 Å². The van der Waals surface area contributed by atoms with Gasteiger partial charge in [0.05, 0.1) is 5.41 Å². The molecular weight excluding hydrogens is 216 g/mol. The number of phenolic OH excluding ortho intramolecular Hbond substituents is 1. The molecule has 1 aliphatic rings. The number of carboxylic acid groups (broad SMARTS) is 1. The summed E-state index contributed by atoms with van der Waals surface area (Å²) >= 11 is 0. The Bertz CT molecular complexity index is 445. The van der Waals surface area contributed by atoms with Crippen molar-refractivity contribution < 1.29 is 15.0 Å². The van der Waals surface area contributed by atoms with Crippen molar-refractivity contribution in [3.05, 3.63) is 29.3 Å². The largest absolute Gasteiger partial charge is 0.508 e. The van der Waals surface area contributed by atoms with Crippen molar-refractivity contribution in [3.8, 4) is 5.75 Å². The van der Waals surface area contributed by atoms with Crippen LogP contribution in [0.25, 0.3) is 0 Å². The van der Waals surface area contributed by atoms with E-state index in [4.69, 9.17) is 0 Å². The van der Waals surface area contributed by atoms with Crippen LogP contribution in [0.1, 0.15) is 50.2 Å². The lowest BCUT2D eigenvalue weighted by atomic mass is 9.64. The summed E-state index contributed by atoms with van der Waals surface area (Å²) in [6.45, 7) is 4.09. The molecule has 0 radical (unpaired) electrons. The van der Waals surface area contributed by atoms with Crippen LogP contribution in [-0.4, -0.2) is 16.2 Å². The van der Waals surface area contributed by atoms with Crippen LogP contribution in [0.3, 0.4) is 0 Å². The maximum atomic E-state index is 11.4. The van der Waals surface area contributed by atoms with E-state index >= 15 is 0 Å². The number of aliphatic carboxylic acids is 1. The lowest BCUT2D eigenvalue weighted by Crippen LogP contribution is -2.42. The predicted molar refractivity (Wildman–Crippen MR) is 65.4 cm³/mol. The second kappa shape index (κ2) is 4.06. The standard InChI is InChI=1S/C14H18O3/c1-9(2)10-4-5-11(12(15)8-10)14(13(16)17)6-3-7-14/h4-5,8-9,15H,3,6-7H2,1-2H3,(H,16,17). The molecule has 0 saturated heterocycles. The van der Waals surface area contributed by atoms with E-state index in [0.29, 0.717) is 24.3 Å². The summed E-state index contributed by atoms with van der Waals surface area (Å²) in [5.41, 5.74) is 0.756. The van der Waals surface area contributed by atoms with E-state index in [1.165, 1.54) is 0 Å². The number of benzene rings is 1. The lowest BCUT2D eigenvalue weighted by molar-refractivity contribution is -0.147. The minimum atomic E-state index is -0.848. The first-order valence-electron chi connectivity index (χ1n) is 6.04. The minimum Gasteiger partial charge on any atom is -0.508 e. The highest BCUT2D eigenvalue weighted by atomic mass is 16.4. The molecule has 1 fully saturated rings.